The van der Waals surface area contributed by atoms with Crippen LogP contribution in [0.3, 0.4) is 0 Å². The number of fused-ring (bicyclic) bond motifs is 1. The van der Waals surface area contributed by atoms with Gasteiger partial charge in [-0.1, -0.05) is 12.1 Å². The minimum atomic E-state index is -4.54. The summed E-state index contributed by atoms with van der Waals surface area (Å²) in [4.78, 5) is 17.4. The Morgan fingerprint density at radius 3 is 2.62 bits per heavy atom. The smallest absolute Gasteiger partial charge is 0.380 e. The Bertz CT molecular complexity index is 1470. The molecule has 3 aromatic rings. The highest BCUT2D eigenvalue weighted by Gasteiger charge is 2.48. The molecule has 2 aromatic carbocycles. The summed E-state index contributed by atoms with van der Waals surface area (Å²) in [5, 5.41) is 8.26. The van der Waals surface area contributed by atoms with E-state index in [0.717, 1.165) is 37.3 Å². The number of ether oxygens (including phenoxy) is 1. The number of anilines is 1. The fraction of sp³-hybridized carbons (Fsp3) is 0.500. The van der Waals surface area contributed by atoms with Crippen LogP contribution in [-0.2, 0) is 42.9 Å². The number of rotatable bonds is 6. The van der Waals surface area contributed by atoms with E-state index in [1.165, 1.54) is 23.8 Å². The van der Waals surface area contributed by atoms with Crippen LogP contribution in [-0.4, -0.2) is 51.9 Å². The van der Waals surface area contributed by atoms with Crippen molar-refractivity contribution in [2.75, 3.05) is 31.2 Å². The highest BCUT2D eigenvalue weighted by molar-refractivity contribution is 6.10. The van der Waals surface area contributed by atoms with E-state index in [9.17, 15) is 18.0 Å². The topological polar surface area (TPSA) is 63.5 Å². The van der Waals surface area contributed by atoms with Gasteiger partial charge in [-0.3, -0.25) is 9.69 Å². The van der Waals surface area contributed by atoms with E-state index in [2.05, 4.69) is 15.1 Å². The molecule has 3 fully saturated rings. The maximum Gasteiger partial charge on any atom is 0.416 e. The third-order valence-corrected chi connectivity index (χ3v) is 9.46. The van der Waals surface area contributed by atoms with Crippen LogP contribution in [0.25, 0.3) is 0 Å². The van der Waals surface area contributed by atoms with Crippen LogP contribution in [0.15, 0.2) is 42.7 Å². The highest BCUT2D eigenvalue weighted by Crippen LogP contribution is 2.53. The van der Waals surface area contributed by atoms with Gasteiger partial charge < -0.3 is 14.2 Å². The first-order valence-corrected chi connectivity index (χ1v) is 13.9. The normalized spacial score (nSPS) is 23.9. The minimum absolute atomic E-state index is 0.0599. The van der Waals surface area contributed by atoms with Crippen molar-refractivity contribution in [2.45, 2.75) is 56.8 Å². The van der Waals surface area contributed by atoms with E-state index >= 15 is 0 Å². The molecule has 3 aliphatic heterocycles. The van der Waals surface area contributed by atoms with Crippen molar-refractivity contribution in [3.05, 3.63) is 76.4 Å². The summed E-state index contributed by atoms with van der Waals surface area (Å²) in [6.07, 6.45) is 2.03. The molecule has 0 N–H and O–H groups in total. The molecule has 10 heteroatoms. The fourth-order valence-electron chi connectivity index (χ4n) is 6.88. The van der Waals surface area contributed by atoms with Gasteiger partial charge in [0.15, 0.2) is 0 Å². The lowest BCUT2D eigenvalue weighted by Crippen LogP contribution is -2.31. The Kier molecular flexibility index (Phi) is 5.87. The third kappa shape index (κ3) is 4.41. The quantitative estimate of drug-likeness (QED) is 0.437. The lowest BCUT2D eigenvalue weighted by Gasteiger charge is -2.29. The van der Waals surface area contributed by atoms with Gasteiger partial charge in [-0.25, -0.2) is 0 Å². The van der Waals surface area contributed by atoms with Crippen molar-refractivity contribution < 1.29 is 22.7 Å². The zero-order chi connectivity index (χ0) is 27.7. The number of aromatic nitrogens is 3. The fourth-order valence-corrected chi connectivity index (χ4v) is 6.88. The second kappa shape index (κ2) is 9.14. The van der Waals surface area contributed by atoms with Crippen molar-refractivity contribution in [3.63, 3.8) is 0 Å². The van der Waals surface area contributed by atoms with Crippen LogP contribution < -0.4 is 4.90 Å². The third-order valence-electron chi connectivity index (χ3n) is 9.46. The molecule has 210 valence electrons. The number of aryl methyl sites for hydroxylation is 1. The Hall–Kier alpha value is -3.24. The van der Waals surface area contributed by atoms with Gasteiger partial charge in [0.05, 0.1) is 18.7 Å². The molecule has 0 unspecified atom stereocenters. The highest BCUT2D eigenvalue weighted by atomic mass is 19.4. The largest absolute Gasteiger partial charge is 0.416 e. The molecule has 1 aromatic heterocycles. The predicted molar refractivity (Wildman–Crippen MR) is 142 cm³/mol. The first-order chi connectivity index (χ1) is 19.1. The van der Waals surface area contributed by atoms with Crippen molar-refractivity contribution in [3.8, 4) is 0 Å². The van der Waals surface area contributed by atoms with Crippen LogP contribution >= 0.6 is 0 Å². The predicted octanol–water partition coefficient (Wildman–Crippen LogP) is 4.88. The lowest BCUT2D eigenvalue weighted by molar-refractivity contribution is -0.138. The van der Waals surface area contributed by atoms with Gasteiger partial charge in [0.1, 0.15) is 12.2 Å². The van der Waals surface area contributed by atoms with Gasteiger partial charge in [-0.15, -0.1) is 10.2 Å². The molecule has 7 nitrogen and oxygen atoms in total. The van der Waals surface area contributed by atoms with Crippen molar-refractivity contribution in [1.29, 1.82) is 0 Å². The molecule has 4 aliphatic rings. The van der Waals surface area contributed by atoms with Crippen LogP contribution in [0.1, 0.15) is 64.1 Å². The summed E-state index contributed by atoms with van der Waals surface area (Å²) >= 11 is 0. The number of benzene rings is 2. The minimum Gasteiger partial charge on any atom is -0.380 e. The number of carbonyl (C=O) groups excluding carboxylic acids is 1. The summed E-state index contributed by atoms with van der Waals surface area (Å²) in [6, 6.07) is 10.6. The summed E-state index contributed by atoms with van der Waals surface area (Å²) in [5.74, 6) is 0.443. The summed E-state index contributed by atoms with van der Waals surface area (Å²) in [6.45, 7) is 3.25. The van der Waals surface area contributed by atoms with E-state index in [0.29, 0.717) is 42.8 Å². The number of nitrogens with zero attached hydrogens (tertiary/aromatic N) is 5. The number of hydrogen-bond donors (Lipinski definition) is 0. The molecular weight excluding hydrogens is 519 g/mol. The molecule has 40 heavy (non-hydrogen) atoms. The summed E-state index contributed by atoms with van der Waals surface area (Å²) in [7, 11) is 1.90. The molecule has 4 heterocycles. The van der Waals surface area contributed by atoms with Gasteiger partial charge in [0.25, 0.3) is 5.91 Å². The Balaban J connectivity index is 1.20. The number of halogens is 3. The first-order valence-electron chi connectivity index (χ1n) is 13.9. The van der Waals surface area contributed by atoms with Crippen LogP contribution in [0.5, 0.6) is 0 Å². The maximum atomic E-state index is 14.3. The monoisotopic (exact) mass is 551 g/mol. The Labute approximate surface area is 230 Å². The molecule has 0 bridgehead atoms. The van der Waals surface area contributed by atoms with Crippen LogP contribution in [0, 0.1) is 5.41 Å². The van der Waals surface area contributed by atoms with Gasteiger partial charge in [0.2, 0.25) is 0 Å². The van der Waals surface area contributed by atoms with Crippen LogP contribution in [0.4, 0.5) is 18.9 Å². The number of hydrogen-bond acceptors (Lipinski definition) is 5. The number of alkyl halides is 3. The standard InChI is InChI=1S/C30H32F3N5O2/c1-36-19-34-35-26(36)14-29(8-10-40-18-29)21-3-2-4-22(13-21)38-16-24-23(27(38)39)11-20(12-25(24)30(31,32)33)15-37-9-7-28(17-37)5-6-28/h2-4,11-13,19H,5-10,14-18H2,1H3/t29-/m0/s1. The van der Waals surface area contributed by atoms with Crippen molar-refractivity contribution in [1.82, 2.24) is 19.7 Å². The number of likely N-dealkylation sites (tertiary alicyclic amines) is 1. The zero-order valence-corrected chi connectivity index (χ0v) is 22.5. The molecular formula is C30H32F3N5O2. The average Bonchev–Trinajstić information content (AvgIpc) is 3.30. The van der Waals surface area contributed by atoms with Gasteiger partial charge in [0, 0.05) is 49.8 Å². The SMILES string of the molecule is Cn1cnnc1C[C@@]1(c2cccc(N3Cc4c(cc(CN5CCC6(CC6)C5)cc4C(F)(F)F)C3=O)c2)CCOC1. The van der Waals surface area contributed by atoms with Crippen molar-refractivity contribution >= 4 is 11.6 Å². The van der Waals surface area contributed by atoms with E-state index in [-0.39, 0.29) is 29.0 Å². The second-order valence-electron chi connectivity index (χ2n) is 12.2. The molecule has 1 spiro atoms. The Morgan fingerprint density at radius 2 is 1.95 bits per heavy atom. The van der Waals surface area contributed by atoms with E-state index in [1.807, 2.05) is 29.8 Å². The first kappa shape index (κ1) is 25.7. The summed E-state index contributed by atoms with van der Waals surface area (Å²) in [5.41, 5.74) is 1.68. The average molecular weight is 552 g/mol. The second-order valence-corrected chi connectivity index (χ2v) is 12.2. The van der Waals surface area contributed by atoms with Crippen LogP contribution in [0.2, 0.25) is 0 Å². The van der Waals surface area contributed by atoms with E-state index in [1.54, 1.807) is 18.5 Å². The Morgan fingerprint density at radius 1 is 1.10 bits per heavy atom. The molecule has 1 saturated carbocycles. The number of amides is 1. The van der Waals surface area contributed by atoms with Gasteiger partial charge in [-0.2, -0.15) is 13.2 Å². The van der Waals surface area contributed by atoms with Gasteiger partial charge in [-0.05, 0) is 78.6 Å². The lowest BCUT2D eigenvalue weighted by atomic mass is 9.76. The molecule has 1 atom stereocenters. The molecule has 7 rings (SSSR count). The number of carbonyl (C=O) groups is 1. The maximum absolute atomic E-state index is 14.3. The zero-order valence-electron chi connectivity index (χ0n) is 22.5. The molecule has 1 aliphatic carbocycles. The van der Waals surface area contributed by atoms with Gasteiger partial charge >= 0.3 is 6.18 Å². The summed E-state index contributed by atoms with van der Waals surface area (Å²) < 4.78 is 50.6. The van der Waals surface area contributed by atoms with E-state index < -0.39 is 11.7 Å². The van der Waals surface area contributed by atoms with E-state index in [4.69, 9.17) is 4.74 Å². The van der Waals surface area contributed by atoms with Crippen molar-refractivity contribution in [2.24, 2.45) is 12.5 Å². The molecule has 2 saturated heterocycles. The molecule has 1 amide bonds. The molecule has 0 radical (unpaired) electrons.